The van der Waals surface area contributed by atoms with Crippen LogP contribution in [0.2, 0.25) is 0 Å². The fourth-order valence-electron chi connectivity index (χ4n) is 1.41. The Morgan fingerprint density at radius 3 is 2.07 bits per heavy atom. The van der Waals surface area contributed by atoms with Crippen molar-refractivity contribution in [3.8, 4) is 6.07 Å². The zero-order valence-electron chi connectivity index (χ0n) is 8.84. The summed E-state index contributed by atoms with van der Waals surface area (Å²) in [4.78, 5) is 0. The number of nitriles is 1. The van der Waals surface area contributed by atoms with Gasteiger partial charge in [0, 0.05) is 6.42 Å². The fourth-order valence-corrected chi connectivity index (χ4v) is 1.77. The van der Waals surface area contributed by atoms with Gasteiger partial charge in [-0.25, -0.2) is 0 Å². The van der Waals surface area contributed by atoms with Crippen LogP contribution in [0.5, 0.6) is 0 Å². The van der Waals surface area contributed by atoms with E-state index in [-0.39, 0.29) is 0 Å². The van der Waals surface area contributed by atoms with Gasteiger partial charge in [0.2, 0.25) is 0 Å². The summed E-state index contributed by atoms with van der Waals surface area (Å²) in [6, 6.07) is 2.18. The molecule has 0 aromatic heterocycles. The second kappa shape index (κ2) is 13.0. The molecule has 0 fully saturated rings. The molecule has 0 heterocycles. The van der Waals surface area contributed by atoms with Crippen LogP contribution in [0.4, 0.5) is 0 Å². The van der Waals surface area contributed by atoms with Gasteiger partial charge in [0.15, 0.2) is 0 Å². The first kappa shape index (κ1) is 14.0. The third-order valence-electron chi connectivity index (χ3n) is 2.25. The molecule has 0 spiro atoms. The van der Waals surface area contributed by atoms with E-state index in [2.05, 4.69) is 38.8 Å². The summed E-state index contributed by atoms with van der Waals surface area (Å²) in [6.45, 7) is 0. The molecule has 80 valence electrons. The summed E-state index contributed by atoms with van der Waals surface area (Å²) in [5.41, 5.74) is 0. The average Bonchev–Trinajstić information content (AvgIpc) is 2.21. The third-order valence-corrected chi connectivity index (χ3v) is 2.76. The van der Waals surface area contributed by atoms with E-state index in [9.17, 15) is 0 Å². The summed E-state index contributed by atoms with van der Waals surface area (Å²) < 4.78 is 2.10. The summed E-state index contributed by atoms with van der Waals surface area (Å²) in [5.74, 6) is 0. The minimum absolute atomic E-state index is 0.737. The molecule has 0 saturated heterocycles. The Hall–Kier alpha value is -0.0400. The maximum atomic E-state index is 8.33. The van der Waals surface area contributed by atoms with Crippen LogP contribution in [0.25, 0.3) is 0 Å². The monoisotopic (exact) mass is 305 g/mol. The smallest absolute Gasteiger partial charge is 0.0621 e. The number of hydrogen-bond acceptors (Lipinski definition) is 1. The van der Waals surface area contributed by atoms with Crippen LogP contribution in [-0.4, -0.2) is 0 Å². The predicted molar refractivity (Wildman–Crippen MR) is 70.3 cm³/mol. The molecule has 0 aromatic carbocycles. The highest BCUT2D eigenvalue weighted by Gasteiger charge is 1.90. The van der Waals surface area contributed by atoms with Gasteiger partial charge in [-0.05, 0) is 23.3 Å². The number of unbranched alkanes of at least 4 members (excludes halogenated alkanes) is 8. The lowest BCUT2D eigenvalue weighted by Gasteiger charge is -1.99. The highest BCUT2D eigenvalue weighted by molar-refractivity contribution is 14.1. The topological polar surface area (TPSA) is 23.8 Å². The number of allylic oxidation sites excluding steroid dienone is 1. The molecule has 0 rings (SSSR count). The van der Waals surface area contributed by atoms with Gasteiger partial charge in [0.05, 0.1) is 6.07 Å². The zero-order chi connectivity index (χ0) is 10.5. The Labute approximate surface area is 102 Å². The molecule has 1 nitrogen and oxygen atoms in total. The van der Waals surface area contributed by atoms with E-state index in [0.29, 0.717) is 0 Å². The van der Waals surface area contributed by atoms with Crippen molar-refractivity contribution in [2.24, 2.45) is 0 Å². The Bertz CT molecular complexity index is 170. The van der Waals surface area contributed by atoms with Crippen LogP contribution in [0.1, 0.15) is 57.8 Å². The standard InChI is InChI=1S/C12H20IN/c13-11-9-7-5-3-1-2-4-6-8-10-12-14/h9,11H,1-8,10H2/b11-9+. The van der Waals surface area contributed by atoms with Crippen LogP contribution in [0.3, 0.4) is 0 Å². The van der Waals surface area contributed by atoms with Gasteiger partial charge >= 0.3 is 0 Å². The molecule has 0 amide bonds. The first-order valence-electron chi connectivity index (χ1n) is 5.54. The SMILES string of the molecule is N#CCCCCCCCCC/C=C/I. The molecule has 0 aliphatic carbocycles. The van der Waals surface area contributed by atoms with Crippen LogP contribution in [0.15, 0.2) is 10.2 Å². The quantitative estimate of drug-likeness (QED) is 0.436. The molecule has 14 heavy (non-hydrogen) atoms. The van der Waals surface area contributed by atoms with Gasteiger partial charge in [0.25, 0.3) is 0 Å². The van der Waals surface area contributed by atoms with E-state index in [0.717, 1.165) is 12.8 Å². The predicted octanol–water partition coefficient (Wildman–Crippen LogP) is 4.97. The first-order chi connectivity index (χ1) is 6.91. The van der Waals surface area contributed by atoms with Crippen molar-refractivity contribution in [2.75, 3.05) is 0 Å². The summed E-state index contributed by atoms with van der Waals surface area (Å²) in [5, 5.41) is 8.33. The van der Waals surface area contributed by atoms with E-state index >= 15 is 0 Å². The van der Waals surface area contributed by atoms with Crippen molar-refractivity contribution in [3.05, 3.63) is 10.2 Å². The van der Waals surface area contributed by atoms with Crippen molar-refractivity contribution >= 4 is 22.6 Å². The highest BCUT2D eigenvalue weighted by atomic mass is 127. The van der Waals surface area contributed by atoms with Crippen molar-refractivity contribution in [1.29, 1.82) is 5.26 Å². The molecule has 0 aliphatic rings. The lowest BCUT2D eigenvalue weighted by Crippen LogP contribution is -1.80. The largest absolute Gasteiger partial charge is 0.198 e. The minimum Gasteiger partial charge on any atom is -0.198 e. The van der Waals surface area contributed by atoms with E-state index < -0.39 is 0 Å². The Morgan fingerprint density at radius 1 is 0.929 bits per heavy atom. The lowest BCUT2D eigenvalue weighted by atomic mass is 10.1. The molecule has 0 N–H and O–H groups in total. The first-order valence-corrected chi connectivity index (χ1v) is 6.78. The average molecular weight is 305 g/mol. The maximum Gasteiger partial charge on any atom is 0.0621 e. The van der Waals surface area contributed by atoms with Gasteiger partial charge in [-0.1, -0.05) is 60.8 Å². The molecule has 0 unspecified atom stereocenters. The normalized spacial score (nSPS) is 10.6. The molecular formula is C12H20IN. The van der Waals surface area contributed by atoms with E-state index in [1.165, 1.54) is 44.9 Å². The van der Waals surface area contributed by atoms with E-state index in [1.54, 1.807) is 0 Å². The molecule has 0 atom stereocenters. The number of rotatable bonds is 9. The molecular weight excluding hydrogens is 285 g/mol. The fraction of sp³-hybridized carbons (Fsp3) is 0.750. The maximum absolute atomic E-state index is 8.33. The molecule has 0 aromatic rings. The Balaban J connectivity index is 2.89. The van der Waals surface area contributed by atoms with Crippen LogP contribution in [0, 0.1) is 11.3 Å². The minimum atomic E-state index is 0.737. The van der Waals surface area contributed by atoms with Crippen molar-refractivity contribution in [3.63, 3.8) is 0 Å². The Kier molecular flexibility index (Phi) is 12.9. The molecule has 2 heteroatoms. The van der Waals surface area contributed by atoms with Crippen LogP contribution in [-0.2, 0) is 0 Å². The third kappa shape index (κ3) is 12.0. The second-order valence-corrected chi connectivity index (χ2v) is 4.25. The summed E-state index contributed by atoms with van der Waals surface area (Å²) in [7, 11) is 0. The van der Waals surface area contributed by atoms with Gasteiger partial charge in [0.1, 0.15) is 0 Å². The molecule has 0 bridgehead atoms. The van der Waals surface area contributed by atoms with E-state index in [4.69, 9.17) is 5.26 Å². The molecule has 0 radical (unpaired) electrons. The van der Waals surface area contributed by atoms with E-state index in [1.807, 2.05) is 0 Å². The number of halogens is 1. The van der Waals surface area contributed by atoms with Gasteiger partial charge in [-0.2, -0.15) is 5.26 Å². The zero-order valence-corrected chi connectivity index (χ0v) is 11.0. The van der Waals surface area contributed by atoms with Crippen molar-refractivity contribution in [1.82, 2.24) is 0 Å². The van der Waals surface area contributed by atoms with Crippen molar-refractivity contribution in [2.45, 2.75) is 57.8 Å². The molecule has 0 aliphatic heterocycles. The lowest BCUT2D eigenvalue weighted by molar-refractivity contribution is 0.585. The second-order valence-electron chi connectivity index (χ2n) is 3.53. The van der Waals surface area contributed by atoms with Gasteiger partial charge < -0.3 is 0 Å². The van der Waals surface area contributed by atoms with Crippen LogP contribution < -0.4 is 0 Å². The number of hydrogen-bond donors (Lipinski definition) is 0. The summed E-state index contributed by atoms with van der Waals surface area (Å²) >= 11 is 2.27. The van der Waals surface area contributed by atoms with Gasteiger partial charge in [-0.3, -0.25) is 0 Å². The van der Waals surface area contributed by atoms with Crippen LogP contribution >= 0.6 is 22.6 Å². The Morgan fingerprint density at radius 2 is 1.50 bits per heavy atom. The molecule has 0 saturated carbocycles. The summed E-state index contributed by atoms with van der Waals surface area (Å²) in [6.07, 6.45) is 13.2. The van der Waals surface area contributed by atoms with Gasteiger partial charge in [-0.15, -0.1) is 0 Å². The van der Waals surface area contributed by atoms with Crippen molar-refractivity contribution < 1.29 is 0 Å². The highest BCUT2D eigenvalue weighted by Crippen LogP contribution is 2.09. The number of nitrogens with zero attached hydrogens (tertiary/aromatic N) is 1.